The minimum absolute atomic E-state index is 0.105. The highest BCUT2D eigenvalue weighted by atomic mass is 16.6. The summed E-state index contributed by atoms with van der Waals surface area (Å²) in [6, 6.07) is 16.6. The van der Waals surface area contributed by atoms with Crippen molar-refractivity contribution in [3.8, 4) is 11.5 Å². The van der Waals surface area contributed by atoms with Crippen LogP contribution in [0.2, 0.25) is 0 Å². The quantitative estimate of drug-likeness (QED) is 0.297. The van der Waals surface area contributed by atoms with Crippen LogP contribution in [0.4, 0.5) is 11.4 Å². The lowest BCUT2D eigenvalue weighted by Crippen LogP contribution is -2.36. The maximum Gasteiger partial charge on any atom is 0.269 e. The molecule has 3 aromatic carbocycles. The number of nitro benzene ring substituents is 1. The molecule has 2 heterocycles. The van der Waals surface area contributed by atoms with Crippen LogP contribution in [0.25, 0.3) is 0 Å². The number of nitro groups is 1. The molecule has 36 heavy (non-hydrogen) atoms. The Bertz CT molecular complexity index is 1360. The first kappa shape index (κ1) is 23.2. The number of ether oxygens (including phenoxy) is 2. The monoisotopic (exact) mass is 487 g/mol. The van der Waals surface area contributed by atoms with E-state index in [1.165, 1.54) is 35.2 Å². The van der Waals surface area contributed by atoms with E-state index in [9.17, 15) is 24.5 Å². The molecule has 3 amide bonds. The zero-order valence-corrected chi connectivity index (χ0v) is 19.0. The molecule has 182 valence electrons. The van der Waals surface area contributed by atoms with Crippen LogP contribution < -0.4 is 10.1 Å². The number of non-ortho nitro benzene ring substituents is 1. The Kier molecular flexibility index (Phi) is 6.17. The molecule has 0 bridgehead atoms. The number of hydrogen-bond acceptors (Lipinski definition) is 7. The average molecular weight is 487 g/mol. The normalized spacial score (nSPS) is 16.7. The first-order valence-corrected chi connectivity index (χ1v) is 11.3. The zero-order chi connectivity index (χ0) is 25.2. The second kappa shape index (κ2) is 9.59. The van der Waals surface area contributed by atoms with Crippen molar-refractivity contribution in [2.24, 2.45) is 0 Å². The Labute approximate surface area is 205 Å². The van der Waals surface area contributed by atoms with Crippen molar-refractivity contribution >= 4 is 29.1 Å². The van der Waals surface area contributed by atoms with Crippen LogP contribution in [-0.2, 0) is 4.74 Å². The Balaban J connectivity index is 1.27. The van der Waals surface area contributed by atoms with E-state index in [0.717, 1.165) is 12.8 Å². The fraction of sp³-hybridized carbons (Fsp3) is 0.192. The molecule has 1 fully saturated rings. The highest BCUT2D eigenvalue weighted by Gasteiger charge is 2.37. The molecule has 0 aromatic heterocycles. The summed E-state index contributed by atoms with van der Waals surface area (Å²) in [5.41, 5.74) is 1.21. The molecule has 1 N–H and O–H groups in total. The maximum atomic E-state index is 12.9. The molecular weight excluding hydrogens is 466 g/mol. The number of rotatable bonds is 7. The molecule has 10 nitrogen and oxygen atoms in total. The SMILES string of the molecule is O=C(Nc1cccc(Oc2ccc3c(c2)C(=O)N(CC2CCCO2)C3=O)c1)c1ccc([N+](=O)[O-])cc1. The summed E-state index contributed by atoms with van der Waals surface area (Å²) in [5.74, 6) is -0.375. The van der Waals surface area contributed by atoms with Crippen LogP contribution in [0.3, 0.4) is 0 Å². The van der Waals surface area contributed by atoms with Gasteiger partial charge in [0.25, 0.3) is 23.4 Å². The fourth-order valence-corrected chi connectivity index (χ4v) is 4.20. The molecule has 0 radical (unpaired) electrons. The van der Waals surface area contributed by atoms with Gasteiger partial charge >= 0.3 is 0 Å². The van der Waals surface area contributed by atoms with Gasteiger partial charge in [0, 0.05) is 36.1 Å². The van der Waals surface area contributed by atoms with Gasteiger partial charge in [-0.1, -0.05) is 6.07 Å². The number of nitrogens with one attached hydrogen (secondary N) is 1. The maximum absolute atomic E-state index is 12.9. The van der Waals surface area contributed by atoms with Gasteiger partial charge in [0.1, 0.15) is 11.5 Å². The van der Waals surface area contributed by atoms with Crippen LogP contribution in [0.15, 0.2) is 66.7 Å². The minimum Gasteiger partial charge on any atom is -0.457 e. The molecule has 0 saturated carbocycles. The minimum atomic E-state index is -0.535. The molecule has 2 aliphatic heterocycles. The fourth-order valence-electron chi connectivity index (χ4n) is 4.20. The number of hydrogen-bond donors (Lipinski definition) is 1. The van der Waals surface area contributed by atoms with E-state index in [-0.39, 0.29) is 41.3 Å². The molecule has 1 saturated heterocycles. The van der Waals surface area contributed by atoms with Crippen molar-refractivity contribution in [1.29, 1.82) is 0 Å². The van der Waals surface area contributed by atoms with Gasteiger partial charge in [-0.15, -0.1) is 0 Å². The van der Waals surface area contributed by atoms with E-state index in [1.807, 2.05) is 0 Å². The molecular formula is C26H21N3O7. The third-order valence-corrected chi connectivity index (χ3v) is 6.02. The van der Waals surface area contributed by atoms with E-state index in [4.69, 9.17) is 9.47 Å². The molecule has 1 unspecified atom stereocenters. The van der Waals surface area contributed by atoms with Crippen molar-refractivity contribution < 1.29 is 28.8 Å². The summed E-state index contributed by atoms with van der Waals surface area (Å²) in [7, 11) is 0. The number of anilines is 1. The summed E-state index contributed by atoms with van der Waals surface area (Å²) >= 11 is 0. The molecule has 0 aliphatic carbocycles. The van der Waals surface area contributed by atoms with Crippen LogP contribution in [0, 0.1) is 10.1 Å². The molecule has 3 aromatic rings. The van der Waals surface area contributed by atoms with Crippen LogP contribution in [0.5, 0.6) is 11.5 Å². The lowest BCUT2D eigenvalue weighted by molar-refractivity contribution is -0.384. The molecule has 0 spiro atoms. The van der Waals surface area contributed by atoms with Gasteiger partial charge in [-0.2, -0.15) is 0 Å². The predicted octanol–water partition coefficient (Wildman–Crippen LogP) is 4.41. The van der Waals surface area contributed by atoms with Gasteiger partial charge in [-0.05, 0) is 55.3 Å². The van der Waals surface area contributed by atoms with E-state index in [0.29, 0.717) is 29.4 Å². The van der Waals surface area contributed by atoms with Crippen LogP contribution in [-0.4, -0.2) is 46.8 Å². The second-order valence-corrected chi connectivity index (χ2v) is 8.45. The van der Waals surface area contributed by atoms with Gasteiger partial charge < -0.3 is 14.8 Å². The Morgan fingerprint density at radius 1 is 1.03 bits per heavy atom. The van der Waals surface area contributed by atoms with Crippen molar-refractivity contribution in [3.63, 3.8) is 0 Å². The lowest BCUT2D eigenvalue weighted by atomic mass is 10.1. The number of carbonyl (C=O) groups is 3. The summed E-state index contributed by atoms with van der Waals surface area (Å²) in [6.45, 7) is 0.873. The third-order valence-electron chi connectivity index (χ3n) is 6.02. The molecule has 1 atom stereocenters. The van der Waals surface area contributed by atoms with E-state index in [2.05, 4.69) is 5.32 Å². The summed E-state index contributed by atoms with van der Waals surface area (Å²) in [4.78, 5) is 49.6. The van der Waals surface area contributed by atoms with Crippen molar-refractivity contribution in [1.82, 2.24) is 4.90 Å². The van der Waals surface area contributed by atoms with E-state index < -0.39 is 10.8 Å². The number of nitrogens with zero attached hydrogens (tertiary/aromatic N) is 2. The highest BCUT2D eigenvalue weighted by Crippen LogP contribution is 2.31. The smallest absolute Gasteiger partial charge is 0.269 e. The number of benzene rings is 3. The molecule has 10 heteroatoms. The first-order valence-electron chi connectivity index (χ1n) is 11.3. The zero-order valence-electron chi connectivity index (χ0n) is 19.0. The van der Waals surface area contributed by atoms with Gasteiger partial charge in [0.05, 0.1) is 28.7 Å². The average Bonchev–Trinajstić information content (AvgIpc) is 3.47. The topological polar surface area (TPSA) is 128 Å². The summed E-state index contributed by atoms with van der Waals surface area (Å²) in [5, 5.41) is 13.5. The number of amides is 3. The van der Waals surface area contributed by atoms with Crippen molar-refractivity contribution in [3.05, 3.63) is 93.5 Å². The number of imide groups is 1. The summed E-state index contributed by atoms with van der Waals surface area (Å²) in [6.07, 6.45) is 1.60. The van der Waals surface area contributed by atoms with Crippen molar-refractivity contribution in [2.75, 3.05) is 18.5 Å². The number of fused-ring (bicyclic) bond motifs is 1. The Morgan fingerprint density at radius 2 is 1.78 bits per heavy atom. The lowest BCUT2D eigenvalue weighted by Gasteiger charge is -2.17. The summed E-state index contributed by atoms with van der Waals surface area (Å²) < 4.78 is 11.5. The Hall–Kier alpha value is -4.57. The van der Waals surface area contributed by atoms with Crippen molar-refractivity contribution in [2.45, 2.75) is 18.9 Å². The van der Waals surface area contributed by atoms with Gasteiger partial charge in [-0.25, -0.2) is 0 Å². The van der Waals surface area contributed by atoms with Crippen LogP contribution >= 0.6 is 0 Å². The van der Waals surface area contributed by atoms with Gasteiger partial charge in [-0.3, -0.25) is 29.4 Å². The molecule has 5 rings (SSSR count). The van der Waals surface area contributed by atoms with E-state index >= 15 is 0 Å². The van der Waals surface area contributed by atoms with Gasteiger partial charge in [0.2, 0.25) is 0 Å². The van der Waals surface area contributed by atoms with E-state index in [1.54, 1.807) is 36.4 Å². The molecule has 2 aliphatic rings. The largest absolute Gasteiger partial charge is 0.457 e. The first-order chi connectivity index (χ1) is 17.4. The Morgan fingerprint density at radius 3 is 2.50 bits per heavy atom. The van der Waals surface area contributed by atoms with Crippen LogP contribution in [0.1, 0.15) is 43.9 Å². The predicted molar refractivity (Wildman–Crippen MR) is 128 cm³/mol. The number of carbonyl (C=O) groups excluding carboxylic acids is 3. The standard InChI is InChI=1S/C26H21N3O7/c30-24(16-6-8-18(9-7-16)29(33)34)27-17-3-1-4-19(13-17)36-20-10-11-22-23(14-20)26(32)28(25(22)31)15-21-5-2-12-35-21/h1,3-4,6-11,13-14,21H,2,5,12,15H2,(H,27,30). The highest BCUT2D eigenvalue weighted by molar-refractivity contribution is 6.21. The third kappa shape index (κ3) is 4.66. The van der Waals surface area contributed by atoms with Gasteiger partial charge in [0.15, 0.2) is 0 Å². The second-order valence-electron chi connectivity index (χ2n) is 8.45.